The Kier molecular flexibility index (Phi) is 8.60. The molecule has 0 spiro atoms. The van der Waals surface area contributed by atoms with Crippen molar-refractivity contribution in [2.24, 2.45) is 0 Å². The van der Waals surface area contributed by atoms with Gasteiger partial charge in [0, 0.05) is 5.02 Å². The van der Waals surface area contributed by atoms with Crippen molar-refractivity contribution in [2.75, 3.05) is 14.2 Å². The van der Waals surface area contributed by atoms with Crippen LogP contribution in [-0.2, 0) is 11.4 Å². The molecule has 11 heteroatoms. The quantitative estimate of drug-likeness (QED) is 0.166. The van der Waals surface area contributed by atoms with Crippen LogP contribution in [0.25, 0.3) is 17.5 Å². The minimum atomic E-state index is -1.16. The summed E-state index contributed by atoms with van der Waals surface area (Å²) in [6.45, 7) is 0.299. The number of carbonyl (C=O) groups is 1. The predicted molar refractivity (Wildman–Crippen MR) is 144 cm³/mol. The van der Waals surface area contributed by atoms with E-state index in [-0.39, 0.29) is 15.1 Å². The number of aliphatic carboxylic acids is 1. The molecule has 4 aromatic rings. The van der Waals surface area contributed by atoms with Crippen LogP contribution in [0.15, 0.2) is 70.7 Å². The molecule has 0 amide bonds. The van der Waals surface area contributed by atoms with Gasteiger partial charge in [-0.15, -0.1) is 5.10 Å². The first-order valence-electron chi connectivity index (χ1n) is 10.8. The Morgan fingerprint density at radius 2 is 1.81 bits per heavy atom. The molecule has 37 heavy (non-hydrogen) atoms. The minimum Gasteiger partial charge on any atom is -0.496 e. The first-order valence-corrected chi connectivity index (χ1v) is 12.4. The Bertz CT molecular complexity index is 1440. The molecule has 0 unspecified atom stereocenters. The highest BCUT2D eigenvalue weighted by Gasteiger charge is 2.18. The molecule has 1 aromatic heterocycles. The van der Waals surface area contributed by atoms with Crippen molar-refractivity contribution in [1.29, 1.82) is 0 Å². The Morgan fingerprint density at radius 3 is 2.51 bits per heavy atom. The number of rotatable bonds is 10. The van der Waals surface area contributed by atoms with Crippen LogP contribution in [0.5, 0.6) is 17.2 Å². The van der Waals surface area contributed by atoms with Gasteiger partial charge in [-0.05, 0) is 59.3 Å². The summed E-state index contributed by atoms with van der Waals surface area (Å²) < 4.78 is 16.7. The lowest BCUT2D eigenvalue weighted by molar-refractivity contribution is -0.131. The Hall–Kier alpha value is -3.66. The molecule has 0 aliphatic rings. The average Bonchev–Trinajstić information content (AvgIpc) is 3.36. The largest absolute Gasteiger partial charge is 0.496 e. The third kappa shape index (κ3) is 6.56. The maximum absolute atomic E-state index is 12.0. The fraction of sp³-hybridized carbons (Fsp3) is 0.115. The summed E-state index contributed by atoms with van der Waals surface area (Å²) in [6, 6.07) is 18.0. The van der Waals surface area contributed by atoms with Gasteiger partial charge in [-0.1, -0.05) is 53.5 Å². The van der Waals surface area contributed by atoms with Crippen LogP contribution in [0.1, 0.15) is 11.1 Å². The lowest BCUT2D eigenvalue weighted by Gasteiger charge is -2.13. The summed E-state index contributed by atoms with van der Waals surface area (Å²) in [5.74, 6) is 0.510. The number of aromatic amines is 1. The molecule has 8 nitrogen and oxygen atoms in total. The molecule has 1 heterocycles. The molecular formula is C26H21Cl2N3O5S. The van der Waals surface area contributed by atoms with Crippen LogP contribution in [0.2, 0.25) is 10.0 Å². The fourth-order valence-corrected chi connectivity index (χ4v) is 4.51. The van der Waals surface area contributed by atoms with Gasteiger partial charge in [0.05, 0.1) is 24.8 Å². The minimum absolute atomic E-state index is 0.0281. The van der Waals surface area contributed by atoms with Gasteiger partial charge in [0.1, 0.15) is 17.3 Å². The van der Waals surface area contributed by atoms with Crippen LogP contribution < -0.4 is 14.2 Å². The number of hydrogen-bond acceptors (Lipinski definition) is 7. The van der Waals surface area contributed by atoms with Crippen molar-refractivity contribution in [3.63, 3.8) is 0 Å². The topological polar surface area (TPSA) is 107 Å². The van der Waals surface area contributed by atoms with Crippen molar-refractivity contribution in [3.05, 3.63) is 86.7 Å². The SMILES string of the molecule is COc1ccc(Cl)cc1-c1nc(S/C(=C\c2cc(Cl)c(OCc3ccccc3)c(OC)c2)C(=O)O)n[nH]1. The van der Waals surface area contributed by atoms with Gasteiger partial charge >= 0.3 is 5.97 Å². The van der Waals surface area contributed by atoms with Crippen molar-refractivity contribution < 1.29 is 24.1 Å². The van der Waals surface area contributed by atoms with Crippen LogP contribution in [0.3, 0.4) is 0 Å². The summed E-state index contributed by atoms with van der Waals surface area (Å²) in [5, 5.41) is 17.7. The highest BCUT2D eigenvalue weighted by Crippen LogP contribution is 2.39. The van der Waals surface area contributed by atoms with Gasteiger partial charge in [0.25, 0.3) is 0 Å². The van der Waals surface area contributed by atoms with Crippen LogP contribution in [0.4, 0.5) is 0 Å². The normalized spacial score (nSPS) is 11.3. The van der Waals surface area contributed by atoms with Gasteiger partial charge in [-0.3, -0.25) is 5.10 Å². The zero-order valence-corrected chi connectivity index (χ0v) is 22.0. The number of nitrogens with one attached hydrogen (secondary N) is 1. The molecule has 0 radical (unpaired) electrons. The summed E-state index contributed by atoms with van der Waals surface area (Å²) >= 11 is 13.5. The molecule has 0 aliphatic carbocycles. The summed E-state index contributed by atoms with van der Waals surface area (Å²) in [5.41, 5.74) is 2.07. The fourth-order valence-electron chi connectivity index (χ4n) is 3.36. The molecule has 0 aliphatic heterocycles. The Labute approximate surface area is 227 Å². The van der Waals surface area contributed by atoms with E-state index in [1.807, 2.05) is 30.3 Å². The number of carboxylic acid groups (broad SMARTS) is 1. The molecule has 190 valence electrons. The maximum Gasteiger partial charge on any atom is 0.342 e. The summed E-state index contributed by atoms with van der Waals surface area (Å²) in [7, 11) is 3.02. The average molecular weight is 558 g/mol. The van der Waals surface area contributed by atoms with E-state index in [1.54, 1.807) is 30.3 Å². The number of methoxy groups -OCH3 is 2. The Morgan fingerprint density at radius 1 is 1.05 bits per heavy atom. The first kappa shape index (κ1) is 26.4. The van der Waals surface area contributed by atoms with E-state index in [0.29, 0.717) is 45.8 Å². The number of carboxylic acids is 1. The monoisotopic (exact) mass is 557 g/mol. The van der Waals surface area contributed by atoms with Crippen molar-refractivity contribution in [3.8, 4) is 28.6 Å². The van der Waals surface area contributed by atoms with Crippen molar-refractivity contribution in [1.82, 2.24) is 15.2 Å². The molecule has 2 N–H and O–H groups in total. The van der Waals surface area contributed by atoms with Crippen molar-refractivity contribution in [2.45, 2.75) is 11.8 Å². The van der Waals surface area contributed by atoms with E-state index < -0.39 is 5.97 Å². The molecule has 0 saturated carbocycles. The van der Waals surface area contributed by atoms with Crippen LogP contribution in [0, 0.1) is 0 Å². The lowest BCUT2D eigenvalue weighted by Crippen LogP contribution is -2.00. The van der Waals surface area contributed by atoms with Gasteiger partial charge in [-0.25, -0.2) is 9.78 Å². The summed E-state index contributed by atoms with van der Waals surface area (Å²) in [4.78, 5) is 16.4. The third-order valence-corrected chi connectivity index (χ3v) is 6.46. The number of halogens is 2. The smallest absolute Gasteiger partial charge is 0.342 e. The Balaban J connectivity index is 1.58. The van der Waals surface area contributed by atoms with E-state index in [4.69, 9.17) is 37.4 Å². The molecule has 0 atom stereocenters. The molecule has 0 fully saturated rings. The van der Waals surface area contributed by atoms with Gasteiger partial charge in [0.15, 0.2) is 17.3 Å². The third-order valence-electron chi connectivity index (χ3n) is 5.07. The first-order chi connectivity index (χ1) is 17.9. The van der Waals surface area contributed by atoms with E-state index in [9.17, 15) is 9.90 Å². The number of aromatic nitrogens is 3. The number of ether oxygens (including phenoxy) is 3. The van der Waals surface area contributed by atoms with Gasteiger partial charge < -0.3 is 19.3 Å². The number of benzene rings is 3. The zero-order valence-electron chi connectivity index (χ0n) is 19.7. The van der Waals surface area contributed by atoms with E-state index in [0.717, 1.165) is 17.3 Å². The van der Waals surface area contributed by atoms with E-state index in [1.165, 1.54) is 20.3 Å². The predicted octanol–water partition coefficient (Wildman–Crippen LogP) is 6.59. The van der Waals surface area contributed by atoms with Crippen molar-refractivity contribution >= 4 is 47.0 Å². The number of nitrogens with zero attached hydrogens (tertiary/aromatic N) is 2. The van der Waals surface area contributed by atoms with Crippen LogP contribution >= 0.6 is 35.0 Å². The molecular weight excluding hydrogens is 537 g/mol. The second-order valence-corrected chi connectivity index (χ2v) is 9.39. The van der Waals surface area contributed by atoms with E-state index in [2.05, 4.69) is 15.2 Å². The molecule has 0 bridgehead atoms. The van der Waals surface area contributed by atoms with Crippen LogP contribution in [-0.4, -0.2) is 40.5 Å². The maximum atomic E-state index is 12.0. The van der Waals surface area contributed by atoms with E-state index >= 15 is 0 Å². The highest BCUT2D eigenvalue weighted by molar-refractivity contribution is 8.04. The highest BCUT2D eigenvalue weighted by atomic mass is 35.5. The number of H-pyrrole nitrogens is 1. The molecule has 4 rings (SSSR count). The lowest BCUT2D eigenvalue weighted by atomic mass is 10.2. The second-order valence-electron chi connectivity index (χ2n) is 7.54. The van der Waals surface area contributed by atoms with Gasteiger partial charge in [-0.2, -0.15) is 0 Å². The number of hydrogen-bond donors (Lipinski definition) is 2. The van der Waals surface area contributed by atoms with Gasteiger partial charge in [0.2, 0.25) is 5.16 Å². The molecule has 3 aromatic carbocycles. The summed E-state index contributed by atoms with van der Waals surface area (Å²) in [6.07, 6.45) is 1.46. The molecule has 0 saturated heterocycles. The second kappa shape index (κ2) is 12.1. The standard InChI is InChI=1S/C26H21Cl2N3O5S/c1-34-20-9-8-17(27)13-18(20)24-29-26(31-30-24)37-22(25(32)33)12-16-10-19(28)23(21(11-16)35-2)36-14-15-6-4-3-5-7-15/h3-13H,14H2,1-2H3,(H,32,33)(H,29,30,31)/b22-12-. The number of thioether (sulfide) groups is 1. The zero-order chi connectivity index (χ0) is 26.4.